The average Bonchev–Trinajstić information content (AvgIpc) is 3.67. The third-order valence-electron chi connectivity index (χ3n) is 16.1. The van der Waals surface area contributed by atoms with Crippen LogP contribution in [0.15, 0.2) is 151 Å². The number of allylic oxidation sites excluding steroid dienone is 4. The largest absolute Gasteiger partial charge is 0.311 e. The fourth-order valence-corrected chi connectivity index (χ4v) is 12.6. The Balaban J connectivity index is 1.07. The summed E-state index contributed by atoms with van der Waals surface area (Å²) in [6.45, 7) is 26.0. The molecule has 0 fully saturated rings. The van der Waals surface area contributed by atoms with Crippen LogP contribution in [0.3, 0.4) is 0 Å². The first-order valence-corrected chi connectivity index (χ1v) is 24.4. The van der Waals surface area contributed by atoms with Crippen LogP contribution >= 0.6 is 0 Å². The minimum atomic E-state index is -0.113. The molecule has 0 N–H and O–H groups in total. The molecule has 0 aromatic heterocycles. The number of hydrogen-bond donors (Lipinski definition) is 0. The van der Waals surface area contributed by atoms with Gasteiger partial charge in [-0.15, -0.1) is 0 Å². The molecule has 7 aromatic rings. The van der Waals surface area contributed by atoms with Crippen molar-refractivity contribution in [2.75, 3.05) is 9.80 Å². The van der Waals surface area contributed by atoms with Crippen LogP contribution in [0.4, 0.5) is 34.1 Å². The highest BCUT2D eigenvalue weighted by Gasteiger charge is 2.45. The summed E-state index contributed by atoms with van der Waals surface area (Å²) in [6, 6.07) is 54.6. The van der Waals surface area contributed by atoms with E-state index in [1.807, 2.05) is 0 Å². The monoisotopic (exact) mass is 856 g/mol. The van der Waals surface area contributed by atoms with Crippen molar-refractivity contribution in [3.05, 3.63) is 196 Å². The maximum atomic E-state index is 2.61. The molecule has 0 saturated heterocycles. The standard InChI is InChI=1S/C63H61BN2/c1-38-33-56-59-57(34-38)66(43-29-30-46-45-17-12-14-20-48(45)63(10,11)51(46)37-43)55-36-41(61(5,6)7)26-32-53(55)64(59)52-31-25-40(60(2,3)4)35-54(52)65(56)42-27-23-39(24-28-42)44-19-16-22-50-58(44)47-18-13-15-21-49(47)62(50,8)9/h12-15,17-21,23-37H,16,22H2,1-11H3. The molecule has 0 saturated carbocycles. The highest BCUT2D eigenvalue weighted by Crippen LogP contribution is 2.55. The van der Waals surface area contributed by atoms with Gasteiger partial charge in [-0.05, 0) is 162 Å². The van der Waals surface area contributed by atoms with Gasteiger partial charge in [0.15, 0.2) is 0 Å². The molecule has 2 aliphatic heterocycles. The summed E-state index contributed by atoms with van der Waals surface area (Å²) in [5.74, 6) is 0. The van der Waals surface area contributed by atoms with Gasteiger partial charge in [-0.1, -0.05) is 172 Å². The van der Waals surface area contributed by atoms with Crippen LogP contribution < -0.4 is 26.2 Å². The first kappa shape index (κ1) is 41.1. The van der Waals surface area contributed by atoms with Crippen molar-refractivity contribution in [3.63, 3.8) is 0 Å². The van der Waals surface area contributed by atoms with E-state index in [9.17, 15) is 0 Å². The van der Waals surface area contributed by atoms with Gasteiger partial charge < -0.3 is 9.80 Å². The maximum absolute atomic E-state index is 2.61. The molecule has 0 unspecified atom stereocenters. The number of aryl methyl sites for hydroxylation is 1. The van der Waals surface area contributed by atoms with E-state index in [-0.39, 0.29) is 28.4 Å². The van der Waals surface area contributed by atoms with E-state index in [2.05, 4.69) is 232 Å². The maximum Gasteiger partial charge on any atom is 0.252 e. The Hall–Kier alpha value is -6.32. The molecular formula is C63H61BN2. The van der Waals surface area contributed by atoms with Crippen molar-refractivity contribution in [1.82, 2.24) is 0 Å². The number of nitrogens with zero attached hydrogens (tertiary/aromatic N) is 2. The lowest BCUT2D eigenvalue weighted by Gasteiger charge is -2.45. The summed E-state index contributed by atoms with van der Waals surface area (Å²) in [7, 11) is 0. The summed E-state index contributed by atoms with van der Waals surface area (Å²) in [6.07, 6.45) is 4.69. The Morgan fingerprint density at radius 1 is 0.500 bits per heavy atom. The van der Waals surface area contributed by atoms with Crippen molar-refractivity contribution >= 4 is 68.4 Å². The van der Waals surface area contributed by atoms with Crippen LogP contribution in [-0.4, -0.2) is 6.71 Å². The van der Waals surface area contributed by atoms with Crippen molar-refractivity contribution in [2.24, 2.45) is 0 Å². The van der Waals surface area contributed by atoms with Crippen LogP contribution in [0.5, 0.6) is 0 Å². The van der Waals surface area contributed by atoms with Gasteiger partial charge >= 0.3 is 0 Å². The molecule has 3 aliphatic carbocycles. The van der Waals surface area contributed by atoms with Gasteiger partial charge in [0.1, 0.15) is 0 Å². The van der Waals surface area contributed by atoms with E-state index >= 15 is 0 Å². The van der Waals surface area contributed by atoms with Gasteiger partial charge in [-0.2, -0.15) is 0 Å². The zero-order valence-electron chi connectivity index (χ0n) is 40.7. The first-order valence-electron chi connectivity index (χ1n) is 24.4. The summed E-state index contributed by atoms with van der Waals surface area (Å²) < 4.78 is 0. The average molecular weight is 857 g/mol. The molecule has 0 spiro atoms. The van der Waals surface area contributed by atoms with Gasteiger partial charge in [0.25, 0.3) is 6.71 Å². The highest BCUT2D eigenvalue weighted by atomic mass is 15.2. The molecular weight excluding hydrogens is 796 g/mol. The summed E-state index contributed by atoms with van der Waals surface area (Å²) in [5.41, 5.74) is 29.5. The minimum absolute atomic E-state index is 0.0154. The minimum Gasteiger partial charge on any atom is -0.311 e. The van der Waals surface area contributed by atoms with Gasteiger partial charge in [0.05, 0.1) is 0 Å². The zero-order valence-corrected chi connectivity index (χ0v) is 40.7. The Morgan fingerprint density at radius 3 is 1.64 bits per heavy atom. The molecule has 12 rings (SSSR count). The van der Waals surface area contributed by atoms with E-state index in [0.29, 0.717) is 0 Å². The molecule has 66 heavy (non-hydrogen) atoms. The van der Waals surface area contributed by atoms with Gasteiger partial charge in [0.2, 0.25) is 0 Å². The van der Waals surface area contributed by atoms with Crippen molar-refractivity contribution in [1.29, 1.82) is 0 Å². The predicted octanol–water partition coefficient (Wildman–Crippen LogP) is 14.9. The van der Waals surface area contributed by atoms with E-state index in [4.69, 9.17) is 0 Å². The molecule has 0 atom stereocenters. The summed E-state index contributed by atoms with van der Waals surface area (Å²) in [5, 5.41) is 0. The molecule has 0 radical (unpaired) electrons. The number of hydrogen-bond acceptors (Lipinski definition) is 2. The van der Waals surface area contributed by atoms with Gasteiger partial charge in [0, 0.05) is 45.0 Å². The lowest BCUT2D eigenvalue weighted by atomic mass is 9.33. The topological polar surface area (TPSA) is 6.48 Å². The molecule has 5 aliphatic rings. The molecule has 7 aromatic carbocycles. The Bertz CT molecular complexity index is 3290. The fourth-order valence-electron chi connectivity index (χ4n) is 12.6. The lowest BCUT2D eigenvalue weighted by molar-refractivity contribution is 0.590. The van der Waals surface area contributed by atoms with Crippen molar-refractivity contribution in [2.45, 2.75) is 111 Å². The SMILES string of the molecule is Cc1cc2c3c(c1)N(c1ccc4c(c1)C(C)(C)c1ccccc1-4)c1cc(C(C)(C)C)ccc1B3c1ccc(C(C)(C)C)cc1N2c1ccc(C2=CCCC3=C2c2ccccc2C3(C)C)cc1. The normalized spacial score (nSPS) is 17.1. The Kier molecular flexibility index (Phi) is 8.64. The van der Waals surface area contributed by atoms with Crippen molar-refractivity contribution < 1.29 is 0 Å². The first-order chi connectivity index (χ1) is 31.4. The Morgan fingerprint density at radius 2 is 1.03 bits per heavy atom. The Labute approximate surface area is 393 Å². The lowest BCUT2D eigenvalue weighted by Crippen LogP contribution is -2.61. The van der Waals surface area contributed by atoms with E-state index in [1.54, 1.807) is 5.57 Å². The third kappa shape index (κ3) is 5.81. The van der Waals surface area contributed by atoms with E-state index in [1.165, 1.54) is 117 Å². The highest BCUT2D eigenvalue weighted by molar-refractivity contribution is 7.00. The molecule has 326 valence electrons. The molecule has 2 nitrogen and oxygen atoms in total. The van der Waals surface area contributed by atoms with Crippen LogP contribution in [0.25, 0.3) is 22.3 Å². The van der Waals surface area contributed by atoms with Crippen molar-refractivity contribution in [3.8, 4) is 11.1 Å². The van der Waals surface area contributed by atoms with E-state index in [0.717, 1.165) is 12.8 Å². The number of anilines is 6. The fraction of sp³-hybridized carbons (Fsp3) is 0.270. The van der Waals surface area contributed by atoms with Crippen LogP contribution in [0, 0.1) is 6.92 Å². The number of fused-ring (bicyclic) bond motifs is 9. The summed E-state index contributed by atoms with van der Waals surface area (Å²) >= 11 is 0. The summed E-state index contributed by atoms with van der Waals surface area (Å²) in [4.78, 5) is 5.21. The second-order valence-corrected chi connectivity index (χ2v) is 23.0. The number of benzene rings is 7. The quantitative estimate of drug-likeness (QED) is 0.163. The second kappa shape index (κ2) is 13.9. The van der Waals surface area contributed by atoms with Crippen LogP contribution in [-0.2, 0) is 21.7 Å². The molecule has 0 amide bonds. The zero-order chi connectivity index (χ0) is 45.8. The van der Waals surface area contributed by atoms with Gasteiger partial charge in [-0.3, -0.25) is 0 Å². The molecule has 3 heteroatoms. The smallest absolute Gasteiger partial charge is 0.252 e. The number of rotatable bonds is 3. The van der Waals surface area contributed by atoms with Crippen LogP contribution in [0.2, 0.25) is 0 Å². The third-order valence-corrected chi connectivity index (χ3v) is 16.1. The predicted molar refractivity (Wildman–Crippen MR) is 284 cm³/mol. The van der Waals surface area contributed by atoms with E-state index < -0.39 is 0 Å². The second-order valence-electron chi connectivity index (χ2n) is 23.0. The van der Waals surface area contributed by atoms with Gasteiger partial charge in [-0.25, -0.2) is 0 Å². The van der Waals surface area contributed by atoms with Crippen LogP contribution in [0.1, 0.15) is 127 Å². The molecule has 2 heterocycles. The molecule has 0 bridgehead atoms.